The van der Waals surface area contributed by atoms with Crippen molar-refractivity contribution >= 4 is 28.3 Å². The molecule has 0 rings (SSSR count). The van der Waals surface area contributed by atoms with Crippen molar-refractivity contribution in [2.24, 2.45) is 0 Å². The Morgan fingerprint density at radius 2 is 1.14 bits per heavy atom. The predicted molar refractivity (Wildman–Crippen MR) is 27.1 cm³/mol. The van der Waals surface area contributed by atoms with Crippen LogP contribution in [0.15, 0.2) is 0 Å². The largest absolute Gasteiger partial charge is 0.0149 e. The third-order valence-corrected chi connectivity index (χ3v) is 0. The Balaban J connectivity index is -0.0000000800. The van der Waals surface area contributed by atoms with Crippen LogP contribution in [0.1, 0.15) is 0 Å². The van der Waals surface area contributed by atoms with Gasteiger partial charge in [0, 0.05) is 0 Å². The Morgan fingerprint density at radius 3 is 1.14 bits per heavy atom. The van der Waals surface area contributed by atoms with Gasteiger partial charge >= 0.3 is 29.4 Å². The minimum atomic E-state index is -5.12. The van der Waals surface area contributed by atoms with E-state index in [1.165, 1.54) is 0 Å². The molecule has 0 saturated carbocycles. The van der Waals surface area contributed by atoms with E-state index in [2.05, 4.69) is 0 Å². The molecule has 47 valence electrons. The Morgan fingerprint density at radius 1 is 1.14 bits per heavy atom. The first kappa shape index (κ1) is 15.7. The van der Waals surface area contributed by atoms with Crippen LogP contribution in [0.3, 0.4) is 0 Å². The molecular formula is H9AlMnO4Si. The molecule has 0 aliphatic heterocycles. The van der Waals surface area contributed by atoms with E-state index in [-0.39, 0.29) is 28.3 Å². The average molecular weight is 183 g/mol. The van der Waals surface area contributed by atoms with Crippen molar-refractivity contribution in [3.8, 4) is 0 Å². The van der Waals surface area contributed by atoms with Gasteiger partial charge in [0.1, 0.15) is 0 Å². The van der Waals surface area contributed by atoms with Crippen molar-refractivity contribution in [2.75, 3.05) is 0 Å². The minimum absolute atomic E-state index is 0. The Bertz CT molecular complexity index is 94.9. The molecule has 0 aromatic heterocycles. The van der Waals surface area contributed by atoms with Gasteiger partial charge in [-0.3, -0.25) is 0 Å². The van der Waals surface area contributed by atoms with Gasteiger partial charge in [-0.25, -0.2) is 0 Å². The summed E-state index contributed by atoms with van der Waals surface area (Å²) in [4.78, 5) is 0. The third kappa shape index (κ3) is 250. The number of rotatable bonds is 0. The van der Waals surface area contributed by atoms with E-state index in [4.69, 9.17) is 16.0 Å². The second-order valence-corrected chi connectivity index (χ2v) is 1.71. The van der Waals surface area contributed by atoms with E-state index in [0.29, 0.717) is 0 Å². The first-order chi connectivity index (χ1) is 2.00. The molecule has 0 atom stereocenters. The zero-order valence-electron chi connectivity index (χ0n) is 2.09. The smallest absolute Gasteiger partial charge is 0.0149 e. The maximum atomic E-state index is 8.80. The molecule has 0 bridgehead atoms. The molecule has 0 radical (unpaired) electrons. The van der Waals surface area contributed by atoms with E-state index < -0.39 is 13.4 Å². The van der Waals surface area contributed by atoms with Gasteiger partial charge in [-0.05, 0) is 11.0 Å². The van der Waals surface area contributed by atoms with Crippen LogP contribution < -0.4 is 0 Å². The summed E-state index contributed by atoms with van der Waals surface area (Å²) in [5.41, 5.74) is 0. The van der Waals surface area contributed by atoms with Gasteiger partial charge < -0.3 is 0 Å². The molecule has 0 heterocycles. The molecule has 0 aromatic carbocycles. The summed E-state index contributed by atoms with van der Waals surface area (Å²) in [6.07, 6.45) is 0. The zero-order chi connectivity index (χ0) is 4.50. The molecule has 0 aromatic rings. The zero-order valence-corrected chi connectivity index (χ0v) is 3.27. The molecule has 7 heteroatoms. The third-order valence-electron chi connectivity index (χ3n) is 0. The van der Waals surface area contributed by atoms with E-state index in [0.717, 1.165) is 0 Å². The van der Waals surface area contributed by atoms with Crippen molar-refractivity contribution in [1.29, 1.82) is 0 Å². The summed E-state index contributed by atoms with van der Waals surface area (Å²) in [5, 5.41) is 0. The molecule has 0 aliphatic carbocycles. The molecule has 0 spiro atoms. The van der Waals surface area contributed by atoms with Crippen molar-refractivity contribution in [2.45, 2.75) is 0 Å². The number of hydrogen-bond acceptors (Lipinski definition) is 2. The maximum Gasteiger partial charge on any atom is -0.0149 e. The molecule has 7 heavy (non-hydrogen) atoms. The van der Waals surface area contributed by atoms with Crippen LogP contribution in [0.25, 0.3) is 0 Å². The van der Waals surface area contributed by atoms with Crippen molar-refractivity contribution in [3.05, 3.63) is 0 Å². The van der Waals surface area contributed by atoms with E-state index in [1.54, 1.807) is 0 Å². The summed E-state index contributed by atoms with van der Waals surface area (Å²) in [6, 6.07) is 0. The molecule has 0 aliphatic rings. The molecule has 0 fully saturated rings. The second kappa shape index (κ2) is 4.94. The molecule has 4 nitrogen and oxygen atoms in total. The normalized spacial score (nSPS) is 8.29. The van der Waals surface area contributed by atoms with Crippen molar-refractivity contribution in [1.82, 2.24) is 0 Å². The first-order valence-corrected chi connectivity index (χ1v) is 2.67. The van der Waals surface area contributed by atoms with Crippen molar-refractivity contribution < 1.29 is 29.4 Å². The Kier molecular flexibility index (Phi) is 11.0. The van der Waals surface area contributed by atoms with E-state index >= 15 is 0 Å². The van der Waals surface area contributed by atoms with E-state index in [9.17, 15) is 0 Å². The van der Waals surface area contributed by atoms with Gasteiger partial charge in [-0.1, -0.05) is 0 Å². The van der Waals surface area contributed by atoms with Gasteiger partial charge in [0.15, 0.2) is 17.4 Å². The summed E-state index contributed by atoms with van der Waals surface area (Å²) >= 11 is -5.12. The molecular weight excluding hydrogens is 174 g/mol. The van der Waals surface area contributed by atoms with E-state index in [1.807, 2.05) is 0 Å². The summed E-state index contributed by atoms with van der Waals surface area (Å²) in [5.74, 6) is 0. The van der Waals surface area contributed by atoms with Gasteiger partial charge in [-0.15, -0.1) is 0 Å². The number of hydrogen-bond donors (Lipinski definition) is 2. The summed E-state index contributed by atoms with van der Waals surface area (Å²) < 4.78 is 31.8. The summed E-state index contributed by atoms with van der Waals surface area (Å²) in [7, 11) is 0. The van der Waals surface area contributed by atoms with Crippen LogP contribution in [0.5, 0.6) is 0 Å². The standard InChI is InChI=1S/Al.Mn.2H2O.2O.H4Si.3H/h;;2*1H2;;;1H4;;;/q;+2;;;;;;;;/p-2. The van der Waals surface area contributed by atoms with Gasteiger partial charge in [0.2, 0.25) is 0 Å². The molecule has 0 unspecified atom stereocenters. The van der Waals surface area contributed by atoms with Crippen LogP contribution in [0.2, 0.25) is 0 Å². The Hall–Kier alpha value is 0.789. The molecule has 2 N–H and O–H groups in total. The monoisotopic (exact) mass is 183 g/mol. The first-order valence-electron chi connectivity index (χ1n) is 0.647. The average Bonchev–Trinajstić information content (AvgIpc) is 0.722. The van der Waals surface area contributed by atoms with Gasteiger partial charge in [-0.2, -0.15) is 0 Å². The summed E-state index contributed by atoms with van der Waals surface area (Å²) in [6.45, 7) is 0. The minimum Gasteiger partial charge on any atom is -0.0149 e. The molecule has 0 saturated heterocycles. The second-order valence-electron chi connectivity index (χ2n) is 0.415. The fraction of sp³-hybridized carbons (Fsp3) is 0. The van der Waals surface area contributed by atoms with Gasteiger partial charge in [0.05, 0.1) is 0 Å². The van der Waals surface area contributed by atoms with Crippen LogP contribution in [0, 0.1) is 0 Å². The fourth-order valence-electron chi connectivity index (χ4n) is 0. The SMILES string of the molecule is [AlH3].[O]=[Mn](=[O])([OH])[OH].[SiH4]. The van der Waals surface area contributed by atoms with Gasteiger partial charge in [0.25, 0.3) is 0 Å². The predicted octanol–water partition coefficient (Wildman–Crippen LogP) is -3.99. The quantitative estimate of drug-likeness (QED) is 0.375. The van der Waals surface area contributed by atoms with Crippen LogP contribution in [0.4, 0.5) is 0 Å². The van der Waals surface area contributed by atoms with Crippen LogP contribution in [-0.4, -0.2) is 36.7 Å². The van der Waals surface area contributed by atoms with Crippen LogP contribution in [-0.2, 0) is 21.0 Å². The Labute approximate surface area is 58.0 Å². The topological polar surface area (TPSA) is 74.6 Å². The fourth-order valence-corrected chi connectivity index (χ4v) is 0. The van der Waals surface area contributed by atoms with Crippen molar-refractivity contribution in [3.63, 3.8) is 0 Å². The van der Waals surface area contributed by atoms with Crippen LogP contribution >= 0.6 is 0 Å². The molecule has 0 amide bonds. The maximum absolute atomic E-state index is 8.80.